The maximum atomic E-state index is 12.0. The molecule has 0 aliphatic carbocycles. The molecular weight excluding hydrogens is 244 g/mol. The Bertz CT molecular complexity index is 198. The van der Waals surface area contributed by atoms with Crippen molar-refractivity contribution >= 4 is 0 Å². The van der Waals surface area contributed by atoms with Crippen molar-refractivity contribution in [3.63, 3.8) is 0 Å². The summed E-state index contributed by atoms with van der Waals surface area (Å²) >= 11 is 0. The monoisotopic (exact) mass is 248 g/mol. The van der Waals surface area contributed by atoms with Gasteiger partial charge in [0.25, 0.3) is 0 Å². The van der Waals surface area contributed by atoms with Gasteiger partial charge < -0.3 is 0 Å². The molecule has 10 heteroatoms. The molecule has 0 amide bonds. The largest absolute Gasteiger partial charge is 0.449 e. The second kappa shape index (κ2) is 4.47. The van der Waals surface area contributed by atoms with E-state index in [9.17, 15) is 35.3 Å². The van der Waals surface area contributed by atoms with Crippen LogP contribution in [-0.2, 0) is 9.68 Å². The van der Waals surface area contributed by atoms with Crippen LogP contribution in [0.2, 0.25) is 0 Å². The zero-order valence-electron chi connectivity index (χ0n) is 6.75. The highest BCUT2D eigenvalue weighted by molar-refractivity contribution is 4.79. The lowest BCUT2D eigenvalue weighted by Gasteiger charge is -2.30. The second-order valence-corrected chi connectivity index (χ2v) is 2.33. The van der Waals surface area contributed by atoms with Crippen LogP contribution in [0.3, 0.4) is 0 Å². The summed E-state index contributed by atoms with van der Waals surface area (Å²) in [4.78, 5) is 2.02. The average Bonchev–Trinajstić information content (AvgIpc) is 2.12. The molecule has 1 unspecified atom stereocenters. The van der Waals surface area contributed by atoms with Gasteiger partial charge in [-0.2, -0.15) is 22.0 Å². The molecule has 0 aromatic heterocycles. The first-order valence-corrected chi connectivity index (χ1v) is 3.20. The minimum absolute atomic E-state index is 2.02. The Morgan fingerprint density at radius 3 is 1.53 bits per heavy atom. The molecule has 0 radical (unpaired) electrons. The van der Waals surface area contributed by atoms with Gasteiger partial charge in [-0.15, -0.1) is 4.94 Å². The second-order valence-electron chi connectivity index (χ2n) is 2.33. The lowest BCUT2D eigenvalue weighted by molar-refractivity contribution is -0.492. The third-order valence-corrected chi connectivity index (χ3v) is 1.20. The van der Waals surface area contributed by atoms with Gasteiger partial charge in [-0.25, -0.2) is 8.78 Å². The van der Waals surface area contributed by atoms with Crippen LogP contribution in [0, 0.1) is 0 Å². The fraction of sp³-hybridized carbons (Fsp3) is 1.00. The van der Waals surface area contributed by atoms with E-state index in [4.69, 9.17) is 0 Å². The Morgan fingerprint density at radius 1 is 0.867 bits per heavy atom. The van der Waals surface area contributed by atoms with Crippen LogP contribution in [0.5, 0.6) is 0 Å². The molecule has 0 aromatic carbocycles. The average molecular weight is 248 g/mol. The number of alkyl halides is 7. The highest BCUT2D eigenvalue weighted by atomic mass is 19.4. The maximum absolute atomic E-state index is 12.0. The minimum Gasteiger partial charge on any atom is -0.272 e. The molecule has 0 fully saturated rings. The van der Waals surface area contributed by atoms with E-state index in [0.29, 0.717) is 0 Å². The number of hydrogen-bond donors (Lipinski definition) is 0. The van der Waals surface area contributed by atoms with Gasteiger partial charge in [0.2, 0.25) is 0 Å². The van der Waals surface area contributed by atoms with Gasteiger partial charge in [0.1, 0.15) is 0 Å². The van der Waals surface area contributed by atoms with E-state index in [1.807, 2.05) is 4.94 Å². The molecular formula is C5H4F8O2. The third-order valence-electron chi connectivity index (χ3n) is 1.20. The molecule has 0 aliphatic rings. The molecule has 0 aliphatic heterocycles. The third kappa shape index (κ3) is 3.16. The van der Waals surface area contributed by atoms with Crippen molar-refractivity contribution in [2.75, 3.05) is 13.3 Å². The Hall–Kier alpha value is -0.640. The smallest absolute Gasteiger partial charge is 0.272 e. The van der Waals surface area contributed by atoms with Gasteiger partial charge in [0.15, 0.2) is 13.3 Å². The maximum Gasteiger partial charge on any atom is 0.449 e. The van der Waals surface area contributed by atoms with Crippen molar-refractivity contribution in [2.45, 2.75) is 18.1 Å². The predicted octanol–water partition coefficient (Wildman–Crippen LogP) is 2.69. The van der Waals surface area contributed by atoms with E-state index in [1.165, 1.54) is 0 Å². The van der Waals surface area contributed by atoms with Crippen molar-refractivity contribution < 1.29 is 44.9 Å². The zero-order chi connectivity index (χ0) is 12.3. The van der Waals surface area contributed by atoms with Crippen molar-refractivity contribution in [1.29, 1.82) is 0 Å². The van der Waals surface area contributed by atoms with Gasteiger partial charge >= 0.3 is 18.1 Å². The van der Waals surface area contributed by atoms with Crippen LogP contribution < -0.4 is 0 Å². The van der Waals surface area contributed by atoms with Crippen molar-refractivity contribution in [2.24, 2.45) is 0 Å². The first-order valence-electron chi connectivity index (χ1n) is 3.20. The summed E-state index contributed by atoms with van der Waals surface area (Å²) in [6.07, 6.45) is -10.9. The van der Waals surface area contributed by atoms with E-state index >= 15 is 0 Å². The van der Waals surface area contributed by atoms with E-state index < -0.39 is 31.4 Å². The fourth-order valence-corrected chi connectivity index (χ4v) is 0.509. The van der Waals surface area contributed by atoms with E-state index in [-0.39, 0.29) is 0 Å². The van der Waals surface area contributed by atoms with E-state index in [0.717, 1.165) is 0 Å². The summed E-state index contributed by atoms with van der Waals surface area (Å²) < 4.78 is 96.9. The SMILES string of the molecule is FCC(F)(F)OC(CF)(OF)C(F)(F)F. The zero-order valence-corrected chi connectivity index (χ0v) is 6.75. The Labute approximate surface area is 77.7 Å². The molecule has 0 bridgehead atoms. The number of rotatable bonds is 5. The molecule has 0 N–H and O–H groups in total. The quantitative estimate of drug-likeness (QED) is 0.550. The normalized spacial score (nSPS) is 17.6. The van der Waals surface area contributed by atoms with Gasteiger partial charge in [-0.05, 0) is 4.53 Å². The van der Waals surface area contributed by atoms with Gasteiger partial charge in [0, 0.05) is 0 Å². The molecule has 15 heavy (non-hydrogen) atoms. The number of ether oxygens (including phenoxy) is 1. The standard InChI is InChI=1S/C5H4F8O2/c6-1-3(15-13,5(10,11)12)14-4(8,9)2-7/h1-2H2. The van der Waals surface area contributed by atoms with Gasteiger partial charge in [0.05, 0.1) is 0 Å². The Morgan fingerprint density at radius 2 is 1.33 bits per heavy atom. The molecule has 0 spiro atoms. The topological polar surface area (TPSA) is 18.5 Å². The molecule has 0 heterocycles. The molecule has 2 nitrogen and oxygen atoms in total. The Balaban J connectivity index is 4.97. The lowest BCUT2D eigenvalue weighted by Crippen LogP contribution is -2.54. The molecule has 0 rings (SSSR count). The van der Waals surface area contributed by atoms with Gasteiger partial charge in [-0.3, -0.25) is 4.74 Å². The fourth-order valence-electron chi connectivity index (χ4n) is 0.509. The van der Waals surface area contributed by atoms with E-state index in [1.54, 1.807) is 0 Å². The van der Waals surface area contributed by atoms with Crippen molar-refractivity contribution in [3.05, 3.63) is 0 Å². The minimum atomic E-state index is -5.92. The van der Waals surface area contributed by atoms with Crippen LogP contribution in [-0.4, -0.2) is 31.4 Å². The first kappa shape index (κ1) is 14.4. The van der Waals surface area contributed by atoms with Crippen LogP contribution in [0.15, 0.2) is 0 Å². The summed E-state index contributed by atoms with van der Waals surface area (Å²) in [6.45, 7) is -5.48. The molecule has 0 aromatic rings. The number of hydrogen-bond acceptors (Lipinski definition) is 2. The van der Waals surface area contributed by atoms with Crippen molar-refractivity contribution in [1.82, 2.24) is 0 Å². The first-order chi connectivity index (χ1) is 6.64. The Kier molecular flexibility index (Phi) is 4.28. The van der Waals surface area contributed by atoms with Gasteiger partial charge in [-0.1, -0.05) is 0 Å². The summed E-state index contributed by atoms with van der Waals surface area (Å²) in [5.74, 6) is -4.82. The lowest BCUT2D eigenvalue weighted by atomic mass is 10.3. The summed E-state index contributed by atoms with van der Waals surface area (Å²) in [7, 11) is 0. The van der Waals surface area contributed by atoms with E-state index in [2.05, 4.69) is 4.74 Å². The summed E-state index contributed by atoms with van der Waals surface area (Å²) in [6, 6.07) is 0. The van der Waals surface area contributed by atoms with Crippen LogP contribution in [0.4, 0.5) is 35.3 Å². The molecule has 92 valence electrons. The van der Waals surface area contributed by atoms with Crippen LogP contribution >= 0.6 is 0 Å². The molecule has 1 atom stereocenters. The van der Waals surface area contributed by atoms with Crippen molar-refractivity contribution in [3.8, 4) is 0 Å². The summed E-state index contributed by atoms with van der Waals surface area (Å²) in [5.41, 5.74) is 0. The van der Waals surface area contributed by atoms with Crippen LogP contribution in [0.1, 0.15) is 0 Å². The molecule has 0 saturated heterocycles. The summed E-state index contributed by atoms with van der Waals surface area (Å²) in [5, 5.41) is 0. The predicted molar refractivity (Wildman–Crippen MR) is 29.0 cm³/mol. The highest BCUT2D eigenvalue weighted by Gasteiger charge is 2.64. The highest BCUT2D eigenvalue weighted by Crippen LogP contribution is 2.39. The number of halogens is 8. The van der Waals surface area contributed by atoms with Crippen LogP contribution in [0.25, 0.3) is 0 Å². The molecule has 0 saturated carbocycles.